The Kier molecular flexibility index (Phi) is 5.62. The Morgan fingerprint density at radius 1 is 1.27 bits per heavy atom. The quantitative estimate of drug-likeness (QED) is 0.512. The summed E-state index contributed by atoms with van der Waals surface area (Å²) in [6.07, 6.45) is -0.189. The number of alkyl carbamates (subject to hydrolysis) is 1. The van der Waals surface area contributed by atoms with Gasteiger partial charge in [-0.05, 0) is 45.7 Å². The average Bonchev–Trinajstić information content (AvgIpc) is 2.36. The molecule has 0 bridgehead atoms. The summed E-state index contributed by atoms with van der Waals surface area (Å²) in [5.41, 5.74) is 0.161. The summed E-state index contributed by atoms with van der Waals surface area (Å²) in [5.74, 6) is -0.245. The predicted molar refractivity (Wildman–Crippen MR) is 81.0 cm³/mol. The number of Topliss-reactive ketones (excluding diaryl/α,β-unsaturated/α-hetero) is 1. The van der Waals surface area contributed by atoms with Gasteiger partial charge in [0.2, 0.25) is 0 Å². The zero-order valence-corrected chi connectivity index (χ0v) is 13.1. The molecule has 0 spiro atoms. The first kappa shape index (κ1) is 17.6. The third-order valence-corrected chi connectivity index (χ3v) is 2.68. The number of hydrogen-bond acceptors (Lipinski definition) is 5. The van der Waals surface area contributed by atoms with Crippen LogP contribution in [-0.4, -0.2) is 28.9 Å². The van der Waals surface area contributed by atoms with E-state index in [1.807, 2.05) is 0 Å². The third-order valence-electron chi connectivity index (χ3n) is 2.68. The van der Waals surface area contributed by atoms with Crippen molar-refractivity contribution >= 4 is 17.6 Å². The molecule has 7 heteroatoms. The molecule has 1 aromatic rings. The normalized spacial score (nSPS) is 10.9. The molecule has 0 fully saturated rings. The van der Waals surface area contributed by atoms with Crippen LogP contribution in [0.15, 0.2) is 18.2 Å². The Morgan fingerprint density at radius 3 is 2.41 bits per heavy atom. The van der Waals surface area contributed by atoms with Crippen LogP contribution in [0, 0.1) is 10.1 Å². The minimum Gasteiger partial charge on any atom is -0.444 e. The maximum Gasteiger partial charge on any atom is 0.407 e. The minimum atomic E-state index is -0.586. The molecule has 22 heavy (non-hydrogen) atoms. The van der Waals surface area contributed by atoms with Crippen molar-refractivity contribution < 1.29 is 19.2 Å². The van der Waals surface area contributed by atoms with E-state index in [4.69, 9.17) is 4.74 Å². The van der Waals surface area contributed by atoms with Gasteiger partial charge in [0.1, 0.15) is 5.60 Å². The van der Waals surface area contributed by atoms with Crippen LogP contribution < -0.4 is 5.32 Å². The molecule has 120 valence electrons. The fourth-order valence-corrected chi connectivity index (χ4v) is 1.75. The standard InChI is InChI=1S/C15H20N2O5/c1-10(18)12-7-11(8-13(9-12)17(20)21)5-6-16-14(19)22-15(2,3)4/h7-9H,5-6H2,1-4H3,(H,16,19). The highest BCUT2D eigenvalue weighted by molar-refractivity contribution is 5.94. The summed E-state index contributed by atoms with van der Waals surface area (Å²) in [6, 6.07) is 4.22. The number of nitro groups is 1. The number of nitro benzene ring substituents is 1. The molecule has 0 radical (unpaired) electrons. The maximum absolute atomic E-state index is 11.5. The number of carbonyl (C=O) groups is 2. The minimum absolute atomic E-state index is 0.139. The Hall–Kier alpha value is -2.44. The van der Waals surface area contributed by atoms with Gasteiger partial charge in [0.25, 0.3) is 5.69 Å². The SMILES string of the molecule is CC(=O)c1cc(CCNC(=O)OC(C)(C)C)cc([N+](=O)[O-])c1. The van der Waals surface area contributed by atoms with Crippen molar-refractivity contribution in [1.82, 2.24) is 5.32 Å². The number of amides is 1. The second kappa shape index (κ2) is 7.02. The Balaban J connectivity index is 2.71. The lowest BCUT2D eigenvalue weighted by Crippen LogP contribution is -2.33. The van der Waals surface area contributed by atoms with E-state index in [0.717, 1.165) is 0 Å². The number of nitrogens with zero attached hydrogens (tertiary/aromatic N) is 1. The molecule has 1 aromatic carbocycles. The zero-order chi connectivity index (χ0) is 16.9. The summed E-state index contributed by atoms with van der Waals surface area (Å²) in [7, 11) is 0. The van der Waals surface area contributed by atoms with E-state index in [1.54, 1.807) is 26.8 Å². The number of nitrogens with one attached hydrogen (secondary N) is 1. The monoisotopic (exact) mass is 308 g/mol. The molecule has 0 saturated carbocycles. The van der Waals surface area contributed by atoms with Gasteiger partial charge in [-0.2, -0.15) is 0 Å². The van der Waals surface area contributed by atoms with Crippen LogP contribution in [-0.2, 0) is 11.2 Å². The number of rotatable bonds is 5. The fraction of sp³-hybridized carbons (Fsp3) is 0.467. The van der Waals surface area contributed by atoms with E-state index < -0.39 is 16.6 Å². The Labute approximate surface area is 128 Å². The van der Waals surface area contributed by atoms with Crippen molar-refractivity contribution in [2.75, 3.05) is 6.54 Å². The highest BCUT2D eigenvalue weighted by Gasteiger charge is 2.16. The van der Waals surface area contributed by atoms with E-state index in [9.17, 15) is 19.7 Å². The van der Waals surface area contributed by atoms with Crippen molar-refractivity contribution in [3.8, 4) is 0 Å². The lowest BCUT2D eigenvalue weighted by Gasteiger charge is -2.19. The Bertz CT molecular complexity index is 558. The van der Waals surface area contributed by atoms with Gasteiger partial charge in [-0.25, -0.2) is 4.79 Å². The van der Waals surface area contributed by atoms with Gasteiger partial charge in [0, 0.05) is 24.2 Å². The molecule has 0 atom stereocenters. The highest BCUT2D eigenvalue weighted by atomic mass is 16.6. The molecule has 0 saturated heterocycles. The lowest BCUT2D eigenvalue weighted by molar-refractivity contribution is -0.384. The average molecular weight is 308 g/mol. The van der Waals surface area contributed by atoms with Crippen LogP contribution >= 0.6 is 0 Å². The second-order valence-corrected chi connectivity index (χ2v) is 5.88. The smallest absolute Gasteiger partial charge is 0.407 e. The van der Waals surface area contributed by atoms with Gasteiger partial charge in [0.05, 0.1) is 4.92 Å². The summed E-state index contributed by atoms with van der Waals surface area (Å²) < 4.78 is 5.09. The topological polar surface area (TPSA) is 98.5 Å². The van der Waals surface area contributed by atoms with Crippen LogP contribution in [0.25, 0.3) is 0 Å². The summed E-state index contributed by atoms with van der Waals surface area (Å²) >= 11 is 0. The van der Waals surface area contributed by atoms with Gasteiger partial charge >= 0.3 is 6.09 Å². The molecule has 1 rings (SSSR count). The van der Waals surface area contributed by atoms with Gasteiger partial charge in [-0.3, -0.25) is 14.9 Å². The third kappa shape index (κ3) is 5.90. The molecular weight excluding hydrogens is 288 g/mol. The van der Waals surface area contributed by atoms with Crippen LogP contribution in [0.3, 0.4) is 0 Å². The first-order valence-electron chi connectivity index (χ1n) is 6.84. The molecule has 0 unspecified atom stereocenters. The molecular formula is C15H20N2O5. The van der Waals surface area contributed by atoms with Crippen molar-refractivity contribution in [3.05, 3.63) is 39.4 Å². The Morgan fingerprint density at radius 2 is 1.91 bits per heavy atom. The zero-order valence-electron chi connectivity index (χ0n) is 13.1. The van der Waals surface area contributed by atoms with Crippen molar-refractivity contribution in [1.29, 1.82) is 0 Å². The van der Waals surface area contributed by atoms with E-state index in [1.165, 1.54) is 19.1 Å². The first-order chi connectivity index (χ1) is 10.1. The molecule has 0 heterocycles. The second-order valence-electron chi connectivity index (χ2n) is 5.88. The van der Waals surface area contributed by atoms with Gasteiger partial charge in [-0.15, -0.1) is 0 Å². The van der Waals surface area contributed by atoms with Crippen molar-refractivity contribution in [3.63, 3.8) is 0 Å². The van der Waals surface area contributed by atoms with E-state index >= 15 is 0 Å². The van der Waals surface area contributed by atoms with Crippen LogP contribution in [0.4, 0.5) is 10.5 Å². The number of benzene rings is 1. The van der Waals surface area contributed by atoms with Gasteiger partial charge in [-0.1, -0.05) is 0 Å². The molecule has 0 aliphatic rings. The van der Waals surface area contributed by atoms with Crippen molar-refractivity contribution in [2.45, 2.75) is 39.7 Å². The first-order valence-corrected chi connectivity index (χ1v) is 6.84. The number of ketones is 1. The van der Waals surface area contributed by atoms with E-state index in [2.05, 4.69) is 5.32 Å². The fourth-order valence-electron chi connectivity index (χ4n) is 1.75. The molecule has 7 nitrogen and oxygen atoms in total. The summed E-state index contributed by atoms with van der Waals surface area (Å²) in [6.45, 7) is 6.88. The highest BCUT2D eigenvalue weighted by Crippen LogP contribution is 2.18. The molecule has 0 aliphatic carbocycles. The maximum atomic E-state index is 11.5. The van der Waals surface area contributed by atoms with Crippen molar-refractivity contribution in [2.24, 2.45) is 0 Å². The number of carbonyl (C=O) groups excluding carboxylic acids is 2. The predicted octanol–water partition coefficient (Wildman–Crippen LogP) is 2.86. The molecule has 0 aliphatic heterocycles. The van der Waals surface area contributed by atoms with Crippen LogP contribution in [0.1, 0.15) is 43.6 Å². The number of ether oxygens (including phenoxy) is 1. The largest absolute Gasteiger partial charge is 0.444 e. The molecule has 0 aromatic heterocycles. The number of hydrogen-bond donors (Lipinski definition) is 1. The van der Waals surface area contributed by atoms with Gasteiger partial charge in [0.15, 0.2) is 5.78 Å². The number of non-ortho nitro benzene ring substituents is 1. The lowest BCUT2D eigenvalue weighted by atomic mass is 10.0. The molecule has 1 amide bonds. The summed E-state index contributed by atoms with van der Waals surface area (Å²) in [5, 5.41) is 13.4. The summed E-state index contributed by atoms with van der Waals surface area (Å²) in [4.78, 5) is 33.2. The van der Waals surface area contributed by atoms with E-state index in [-0.39, 0.29) is 23.6 Å². The molecule has 1 N–H and O–H groups in total. The van der Waals surface area contributed by atoms with Gasteiger partial charge < -0.3 is 10.1 Å². The van der Waals surface area contributed by atoms with Crippen LogP contribution in [0.5, 0.6) is 0 Å². The van der Waals surface area contributed by atoms with E-state index in [0.29, 0.717) is 12.0 Å². The van der Waals surface area contributed by atoms with Crippen LogP contribution in [0.2, 0.25) is 0 Å².